The molecular weight excluding hydrogens is 258 g/mol. The second-order valence-electron chi connectivity index (χ2n) is 5.07. The van der Waals surface area contributed by atoms with Crippen molar-refractivity contribution in [2.24, 2.45) is 0 Å². The summed E-state index contributed by atoms with van der Waals surface area (Å²) in [6.07, 6.45) is 8.49. The second kappa shape index (κ2) is 11.5. The molecule has 0 aromatic carbocycles. The normalized spacial score (nSPS) is 13.5. The topological polar surface area (TPSA) is 86.6 Å². The smallest absolute Gasteiger partial charge is 0.328 e. The molecule has 0 aromatic rings. The third kappa shape index (κ3) is 9.55. The molecule has 0 rings (SSSR count). The van der Waals surface area contributed by atoms with Crippen molar-refractivity contribution >= 4 is 11.9 Å². The number of carboxylic acids is 1. The molecule has 116 valence electrons. The fourth-order valence-electron chi connectivity index (χ4n) is 1.92. The first-order valence-electron chi connectivity index (χ1n) is 7.30. The number of carbonyl (C=O) groups is 2. The summed E-state index contributed by atoms with van der Waals surface area (Å²) in [4.78, 5) is 22.3. The summed E-state index contributed by atoms with van der Waals surface area (Å²) in [5.74, 6) is -1.53. The van der Waals surface area contributed by atoms with Gasteiger partial charge in [0.15, 0.2) is 6.04 Å². The van der Waals surface area contributed by atoms with E-state index >= 15 is 0 Å². The van der Waals surface area contributed by atoms with Crippen LogP contribution < -0.4 is 5.32 Å². The molecule has 0 radical (unpaired) electrons. The van der Waals surface area contributed by atoms with E-state index < -0.39 is 18.1 Å². The van der Waals surface area contributed by atoms with Gasteiger partial charge in [0.2, 0.25) is 5.91 Å². The molecule has 0 aliphatic carbocycles. The highest BCUT2D eigenvalue weighted by Crippen LogP contribution is 2.09. The molecule has 2 atom stereocenters. The Kier molecular flexibility index (Phi) is 10.7. The first kappa shape index (κ1) is 18.6. The number of allylic oxidation sites excluding steroid dienone is 1. The van der Waals surface area contributed by atoms with Crippen LogP contribution in [0.15, 0.2) is 12.7 Å². The van der Waals surface area contributed by atoms with E-state index in [2.05, 4.69) is 11.9 Å². The highest BCUT2D eigenvalue weighted by atomic mass is 16.4. The summed E-state index contributed by atoms with van der Waals surface area (Å²) < 4.78 is 0. The Morgan fingerprint density at radius 1 is 1.15 bits per heavy atom. The van der Waals surface area contributed by atoms with Crippen LogP contribution in [0.5, 0.6) is 0 Å². The van der Waals surface area contributed by atoms with E-state index in [1.165, 1.54) is 19.8 Å². The number of rotatable bonds is 12. The lowest BCUT2D eigenvalue weighted by Crippen LogP contribution is -2.47. The number of hydrogen-bond donors (Lipinski definition) is 3. The SMILES string of the molecule is C=CCCCCCCCCC(=O)N[C@H](C(=O)O)C(C)O. The van der Waals surface area contributed by atoms with Crippen molar-refractivity contribution in [3.63, 3.8) is 0 Å². The Morgan fingerprint density at radius 3 is 2.20 bits per heavy atom. The van der Waals surface area contributed by atoms with Crippen LogP contribution in [-0.4, -0.2) is 34.2 Å². The lowest BCUT2D eigenvalue weighted by molar-refractivity contribution is -0.144. The maximum atomic E-state index is 11.5. The van der Waals surface area contributed by atoms with Crippen molar-refractivity contribution < 1.29 is 19.8 Å². The molecule has 0 bridgehead atoms. The Hall–Kier alpha value is -1.36. The lowest BCUT2D eigenvalue weighted by atomic mass is 10.1. The fraction of sp³-hybridized carbons (Fsp3) is 0.733. The number of carboxylic acid groups (broad SMARTS) is 1. The van der Waals surface area contributed by atoms with Gasteiger partial charge in [-0.1, -0.05) is 31.8 Å². The molecular formula is C15H27NO4. The van der Waals surface area contributed by atoms with Gasteiger partial charge in [-0.05, 0) is 26.2 Å². The molecule has 0 heterocycles. The zero-order chi connectivity index (χ0) is 15.4. The van der Waals surface area contributed by atoms with E-state index in [9.17, 15) is 14.7 Å². The van der Waals surface area contributed by atoms with Crippen LogP contribution in [0.4, 0.5) is 0 Å². The van der Waals surface area contributed by atoms with Crippen LogP contribution in [0.2, 0.25) is 0 Å². The van der Waals surface area contributed by atoms with E-state index in [1.807, 2.05) is 6.08 Å². The zero-order valence-electron chi connectivity index (χ0n) is 12.3. The second-order valence-corrected chi connectivity index (χ2v) is 5.07. The van der Waals surface area contributed by atoms with Crippen molar-refractivity contribution in [3.8, 4) is 0 Å². The predicted molar refractivity (Wildman–Crippen MR) is 78.4 cm³/mol. The number of amides is 1. The van der Waals surface area contributed by atoms with Gasteiger partial charge in [-0.25, -0.2) is 4.79 Å². The highest BCUT2D eigenvalue weighted by molar-refractivity contribution is 5.83. The lowest BCUT2D eigenvalue weighted by Gasteiger charge is -2.16. The molecule has 0 aliphatic heterocycles. The summed E-state index contributed by atoms with van der Waals surface area (Å²) in [6, 6.07) is -1.22. The maximum absolute atomic E-state index is 11.5. The van der Waals surface area contributed by atoms with Gasteiger partial charge in [0.05, 0.1) is 6.10 Å². The van der Waals surface area contributed by atoms with E-state index in [-0.39, 0.29) is 5.91 Å². The summed E-state index contributed by atoms with van der Waals surface area (Å²) >= 11 is 0. The molecule has 0 aliphatic rings. The summed E-state index contributed by atoms with van der Waals surface area (Å²) in [7, 11) is 0. The number of aliphatic carboxylic acids is 1. The molecule has 5 nitrogen and oxygen atoms in total. The minimum absolute atomic E-state index is 0.309. The molecule has 0 spiro atoms. The van der Waals surface area contributed by atoms with Gasteiger partial charge in [-0.15, -0.1) is 6.58 Å². The van der Waals surface area contributed by atoms with Gasteiger partial charge in [-0.3, -0.25) is 4.79 Å². The molecule has 0 fully saturated rings. The Balaban J connectivity index is 3.62. The molecule has 3 N–H and O–H groups in total. The summed E-state index contributed by atoms with van der Waals surface area (Å²) in [5, 5.41) is 20.4. The minimum Gasteiger partial charge on any atom is -0.480 e. The molecule has 20 heavy (non-hydrogen) atoms. The number of unbranched alkanes of at least 4 members (excludes halogenated alkanes) is 6. The van der Waals surface area contributed by atoms with E-state index in [1.54, 1.807) is 0 Å². The Bertz CT molecular complexity index is 302. The number of hydrogen-bond acceptors (Lipinski definition) is 3. The fourth-order valence-corrected chi connectivity index (χ4v) is 1.92. The van der Waals surface area contributed by atoms with Gasteiger partial charge in [0.1, 0.15) is 0 Å². The predicted octanol–water partition coefficient (Wildman–Crippen LogP) is 2.24. The number of nitrogens with one attached hydrogen (secondary N) is 1. The van der Waals surface area contributed by atoms with E-state index in [0.29, 0.717) is 6.42 Å². The van der Waals surface area contributed by atoms with Crippen molar-refractivity contribution in [2.45, 2.75) is 70.4 Å². The maximum Gasteiger partial charge on any atom is 0.328 e. The molecule has 0 aromatic heterocycles. The quantitative estimate of drug-likeness (QED) is 0.379. The highest BCUT2D eigenvalue weighted by Gasteiger charge is 2.24. The van der Waals surface area contributed by atoms with Crippen LogP contribution in [-0.2, 0) is 9.59 Å². The first-order valence-corrected chi connectivity index (χ1v) is 7.30. The van der Waals surface area contributed by atoms with Crippen molar-refractivity contribution in [1.29, 1.82) is 0 Å². The van der Waals surface area contributed by atoms with Gasteiger partial charge >= 0.3 is 5.97 Å². The monoisotopic (exact) mass is 285 g/mol. The largest absolute Gasteiger partial charge is 0.480 e. The standard InChI is InChI=1S/C15H27NO4/c1-3-4-5-6-7-8-9-10-11-13(18)16-14(12(2)17)15(19)20/h3,12,14,17H,1,4-11H2,2H3,(H,16,18)(H,19,20)/t12?,14-/m0/s1. The zero-order valence-corrected chi connectivity index (χ0v) is 12.3. The molecule has 1 unspecified atom stereocenters. The van der Waals surface area contributed by atoms with Crippen LogP contribution in [0.3, 0.4) is 0 Å². The van der Waals surface area contributed by atoms with Gasteiger partial charge in [-0.2, -0.15) is 0 Å². The molecule has 1 amide bonds. The van der Waals surface area contributed by atoms with E-state index in [0.717, 1.165) is 32.1 Å². The summed E-state index contributed by atoms with van der Waals surface area (Å²) in [6.45, 7) is 5.02. The van der Waals surface area contributed by atoms with Gasteiger partial charge in [0.25, 0.3) is 0 Å². The number of carbonyl (C=O) groups excluding carboxylic acids is 1. The first-order chi connectivity index (χ1) is 9.49. The Labute approximate surface area is 121 Å². The number of aliphatic hydroxyl groups excluding tert-OH is 1. The molecule has 5 heteroatoms. The van der Waals surface area contributed by atoms with Crippen molar-refractivity contribution in [3.05, 3.63) is 12.7 Å². The van der Waals surface area contributed by atoms with Crippen molar-refractivity contribution in [1.82, 2.24) is 5.32 Å². The van der Waals surface area contributed by atoms with Crippen LogP contribution >= 0.6 is 0 Å². The van der Waals surface area contributed by atoms with E-state index in [4.69, 9.17) is 5.11 Å². The summed E-state index contributed by atoms with van der Waals surface area (Å²) in [5.41, 5.74) is 0. The Morgan fingerprint density at radius 2 is 1.70 bits per heavy atom. The average molecular weight is 285 g/mol. The van der Waals surface area contributed by atoms with Crippen molar-refractivity contribution in [2.75, 3.05) is 0 Å². The van der Waals surface area contributed by atoms with Crippen LogP contribution in [0, 0.1) is 0 Å². The van der Waals surface area contributed by atoms with Gasteiger partial charge < -0.3 is 15.5 Å². The van der Waals surface area contributed by atoms with Crippen LogP contribution in [0.1, 0.15) is 58.3 Å². The number of aliphatic hydroxyl groups is 1. The van der Waals surface area contributed by atoms with Crippen LogP contribution in [0.25, 0.3) is 0 Å². The minimum atomic E-state index is -1.22. The molecule has 0 saturated heterocycles. The third-order valence-electron chi connectivity index (χ3n) is 3.13. The third-order valence-corrected chi connectivity index (χ3v) is 3.13. The molecule has 0 saturated carbocycles. The van der Waals surface area contributed by atoms with Gasteiger partial charge in [0, 0.05) is 6.42 Å². The average Bonchev–Trinajstić information content (AvgIpc) is 2.38.